The van der Waals surface area contributed by atoms with Crippen molar-refractivity contribution in [2.75, 3.05) is 26.4 Å². The number of thiazole rings is 1. The molecular weight excluding hydrogens is 484 g/mol. The van der Waals surface area contributed by atoms with Gasteiger partial charge in [0.15, 0.2) is 0 Å². The average Bonchev–Trinajstić information content (AvgIpc) is 3.22. The van der Waals surface area contributed by atoms with E-state index in [0.29, 0.717) is 11.5 Å². The molecule has 33 heavy (non-hydrogen) atoms. The highest BCUT2D eigenvalue weighted by atomic mass is 32.1. The molecule has 0 radical (unpaired) electrons. The van der Waals surface area contributed by atoms with Crippen LogP contribution in [0.3, 0.4) is 0 Å². The number of phosphoric ester groups is 1. The van der Waals surface area contributed by atoms with Gasteiger partial charge in [-0.15, -0.1) is 11.3 Å². The van der Waals surface area contributed by atoms with Gasteiger partial charge in [-0.1, -0.05) is 19.8 Å². The minimum absolute atomic E-state index is 0.00957. The minimum Gasteiger partial charge on any atom is -0.491 e. The van der Waals surface area contributed by atoms with Crippen LogP contribution in [0.2, 0.25) is 0 Å². The maximum absolute atomic E-state index is 13.6. The Kier molecular flexibility index (Phi) is 9.86. The summed E-state index contributed by atoms with van der Waals surface area (Å²) in [4.78, 5) is 22.2. The lowest BCUT2D eigenvalue weighted by Gasteiger charge is -2.21. The highest BCUT2D eigenvalue weighted by molar-refractivity contribution is 7.46. The molecule has 1 atom stereocenters. The van der Waals surface area contributed by atoms with Gasteiger partial charge in [-0.05, 0) is 37.1 Å². The first-order valence-corrected chi connectivity index (χ1v) is 12.6. The smallest absolute Gasteiger partial charge is 0.469 e. The lowest BCUT2D eigenvalue weighted by Crippen LogP contribution is -2.37. The molecule has 1 heterocycles. The van der Waals surface area contributed by atoms with E-state index in [0.717, 1.165) is 36.7 Å². The first-order valence-electron chi connectivity index (χ1n) is 10.2. The van der Waals surface area contributed by atoms with Crippen LogP contribution in [0.5, 0.6) is 5.75 Å². The number of nitrogens with two attached hydrogens (primary N) is 1. The zero-order valence-electron chi connectivity index (χ0n) is 18.3. The van der Waals surface area contributed by atoms with E-state index in [9.17, 15) is 17.7 Å². The maximum Gasteiger partial charge on any atom is 0.469 e. The van der Waals surface area contributed by atoms with Crippen LogP contribution in [0.15, 0.2) is 24.4 Å². The summed E-state index contributed by atoms with van der Waals surface area (Å²) in [7, 11) is -4.73. The van der Waals surface area contributed by atoms with Crippen molar-refractivity contribution in [1.29, 1.82) is 0 Å². The van der Waals surface area contributed by atoms with Crippen LogP contribution in [0.25, 0.3) is 10.4 Å². The topological polar surface area (TPSA) is 124 Å². The Labute approximate surface area is 194 Å². The summed E-state index contributed by atoms with van der Waals surface area (Å²) in [5, 5.41) is 0.250. The molecule has 0 saturated carbocycles. The predicted molar refractivity (Wildman–Crippen MR) is 118 cm³/mol. The van der Waals surface area contributed by atoms with Gasteiger partial charge in [-0.25, -0.2) is 9.55 Å². The molecule has 2 aromatic rings. The van der Waals surface area contributed by atoms with Gasteiger partial charge < -0.3 is 25.0 Å². The fraction of sp³-hybridized carbons (Fsp3) is 0.550. The third-order valence-electron chi connectivity index (χ3n) is 4.47. The van der Waals surface area contributed by atoms with Crippen LogP contribution >= 0.6 is 19.2 Å². The molecule has 0 amide bonds. The van der Waals surface area contributed by atoms with E-state index in [1.165, 1.54) is 25.3 Å². The highest BCUT2D eigenvalue weighted by Gasteiger charge is 2.35. The van der Waals surface area contributed by atoms with Gasteiger partial charge in [0.05, 0.1) is 29.2 Å². The third kappa shape index (κ3) is 8.97. The number of halogens is 3. The van der Waals surface area contributed by atoms with E-state index >= 15 is 0 Å². The standard InChI is InChI=1S/C20H28F3N2O6PS/c1-3-4-5-8-29-9-10-30-16-7-6-14(11-15(16)20(21,22)23)17-12-25-18(33-17)19(2,24)13-31-32(26,27)28/h6-7,11-12H,3-5,8-10,13,24H2,1-2H3,(H2,26,27,28)/t19-/m0/s1. The quantitative estimate of drug-likeness (QED) is 0.261. The van der Waals surface area contributed by atoms with E-state index in [1.54, 1.807) is 0 Å². The van der Waals surface area contributed by atoms with E-state index < -0.39 is 31.7 Å². The fourth-order valence-corrected chi connectivity index (χ4v) is 4.14. The van der Waals surface area contributed by atoms with Crippen molar-refractivity contribution in [2.24, 2.45) is 5.73 Å². The van der Waals surface area contributed by atoms with Crippen molar-refractivity contribution in [3.8, 4) is 16.2 Å². The normalized spacial score (nSPS) is 14.3. The molecule has 0 fully saturated rings. The number of aromatic nitrogens is 1. The van der Waals surface area contributed by atoms with Crippen molar-refractivity contribution < 1.29 is 41.5 Å². The maximum atomic E-state index is 13.6. The van der Waals surface area contributed by atoms with Gasteiger partial charge in [0.1, 0.15) is 17.4 Å². The molecule has 1 aromatic heterocycles. The zero-order chi connectivity index (χ0) is 24.7. The van der Waals surface area contributed by atoms with E-state index in [2.05, 4.69) is 16.4 Å². The van der Waals surface area contributed by atoms with Gasteiger partial charge in [-0.2, -0.15) is 13.2 Å². The first-order chi connectivity index (χ1) is 15.3. The molecule has 8 nitrogen and oxygen atoms in total. The summed E-state index contributed by atoms with van der Waals surface area (Å²) >= 11 is 1.00. The van der Waals surface area contributed by atoms with E-state index in [-0.39, 0.29) is 29.5 Å². The lowest BCUT2D eigenvalue weighted by molar-refractivity contribution is -0.139. The molecule has 13 heteroatoms. The number of hydrogen-bond acceptors (Lipinski definition) is 7. The molecule has 1 aromatic carbocycles. The largest absolute Gasteiger partial charge is 0.491 e. The van der Waals surface area contributed by atoms with Crippen LogP contribution in [0.4, 0.5) is 13.2 Å². The van der Waals surface area contributed by atoms with E-state index in [4.69, 9.17) is 25.0 Å². The predicted octanol–water partition coefficient (Wildman–Crippen LogP) is 4.70. The Morgan fingerprint density at radius 2 is 1.91 bits per heavy atom. The van der Waals surface area contributed by atoms with Crippen molar-refractivity contribution in [2.45, 2.75) is 44.8 Å². The molecule has 0 bridgehead atoms. The summed E-state index contributed by atoms with van der Waals surface area (Å²) in [6, 6.07) is 3.69. The highest BCUT2D eigenvalue weighted by Crippen LogP contribution is 2.41. The summed E-state index contributed by atoms with van der Waals surface area (Å²) in [5.74, 6) is -0.299. The molecule has 0 saturated heterocycles. The Hall–Kier alpha value is -1.53. The fourth-order valence-electron chi connectivity index (χ4n) is 2.75. The third-order valence-corrected chi connectivity index (χ3v) is 6.27. The summed E-state index contributed by atoms with van der Waals surface area (Å²) < 4.78 is 67.0. The van der Waals surface area contributed by atoms with Crippen LogP contribution in [-0.4, -0.2) is 41.2 Å². The van der Waals surface area contributed by atoms with Gasteiger partial charge in [0.25, 0.3) is 0 Å². The molecule has 0 aliphatic carbocycles. The van der Waals surface area contributed by atoms with Crippen molar-refractivity contribution in [1.82, 2.24) is 4.98 Å². The second-order valence-corrected chi connectivity index (χ2v) is 9.86. The van der Waals surface area contributed by atoms with Crippen molar-refractivity contribution in [3.05, 3.63) is 35.0 Å². The monoisotopic (exact) mass is 512 g/mol. The number of hydrogen-bond donors (Lipinski definition) is 3. The van der Waals surface area contributed by atoms with Crippen LogP contribution in [0.1, 0.15) is 43.7 Å². The minimum atomic E-state index is -4.73. The van der Waals surface area contributed by atoms with Crippen molar-refractivity contribution >= 4 is 19.2 Å². The number of alkyl halides is 3. The molecule has 0 unspecified atom stereocenters. The number of rotatable bonds is 13. The van der Waals surface area contributed by atoms with Crippen LogP contribution in [0, 0.1) is 0 Å². The van der Waals surface area contributed by atoms with E-state index in [1.807, 2.05) is 0 Å². The van der Waals surface area contributed by atoms with Gasteiger partial charge in [-0.3, -0.25) is 4.52 Å². The van der Waals surface area contributed by atoms with Crippen LogP contribution in [-0.2, 0) is 25.5 Å². The Balaban J connectivity index is 2.13. The van der Waals surface area contributed by atoms with Crippen LogP contribution < -0.4 is 10.5 Å². The molecule has 0 spiro atoms. The molecular formula is C20H28F3N2O6PS. The lowest BCUT2D eigenvalue weighted by atomic mass is 10.1. The molecule has 0 aliphatic heterocycles. The number of nitrogens with zero attached hydrogens (tertiary/aromatic N) is 1. The number of ether oxygens (including phenoxy) is 2. The van der Waals surface area contributed by atoms with Gasteiger partial charge in [0.2, 0.25) is 0 Å². The van der Waals surface area contributed by atoms with Gasteiger partial charge >= 0.3 is 14.0 Å². The second-order valence-electron chi connectivity index (χ2n) is 7.59. The first kappa shape index (κ1) is 27.7. The number of phosphoric acid groups is 1. The Bertz CT molecular complexity index is 948. The Morgan fingerprint density at radius 3 is 2.55 bits per heavy atom. The van der Waals surface area contributed by atoms with Gasteiger partial charge in [0, 0.05) is 12.8 Å². The molecule has 186 valence electrons. The summed E-state index contributed by atoms with van der Waals surface area (Å²) in [5.41, 5.74) is 4.01. The average molecular weight is 512 g/mol. The molecule has 0 aliphatic rings. The molecule has 4 N–H and O–H groups in total. The zero-order valence-corrected chi connectivity index (χ0v) is 20.0. The number of unbranched alkanes of at least 4 members (excludes halogenated alkanes) is 2. The summed E-state index contributed by atoms with van der Waals surface area (Å²) in [6.45, 7) is 3.71. The second kappa shape index (κ2) is 11.7. The van der Waals surface area contributed by atoms with Crippen molar-refractivity contribution in [3.63, 3.8) is 0 Å². The Morgan fingerprint density at radius 1 is 1.18 bits per heavy atom. The summed E-state index contributed by atoms with van der Waals surface area (Å²) in [6.07, 6.45) is -0.319. The SMILES string of the molecule is CCCCCOCCOc1ccc(-c2cnc([C@@](C)(N)COP(=O)(O)O)s2)cc1C(F)(F)F. The molecule has 2 rings (SSSR count). The number of benzene rings is 1.